The van der Waals surface area contributed by atoms with Crippen LogP contribution < -0.4 is 0 Å². The molecule has 16 heavy (non-hydrogen) atoms. The molecule has 1 unspecified atom stereocenters. The van der Waals surface area contributed by atoms with E-state index in [1.165, 1.54) is 0 Å². The lowest BCUT2D eigenvalue weighted by atomic mass is 10.2. The van der Waals surface area contributed by atoms with E-state index in [0.29, 0.717) is 11.1 Å². The molecule has 0 aromatic carbocycles. The van der Waals surface area contributed by atoms with Gasteiger partial charge in [-0.25, -0.2) is 4.98 Å². The summed E-state index contributed by atoms with van der Waals surface area (Å²) in [5, 5.41) is 9.57. The van der Waals surface area contributed by atoms with Crippen molar-refractivity contribution >= 4 is 23.4 Å². The molecule has 1 aromatic rings. The molecule has 1 rings (SSSR count). The number of hydrogen-bond acceptors (Lipinski definition) is 4. The third-order valence-electron chi connectivity index (χ3n) is 2.31. The molecule has 0 saturated heterocycles. The van der Waals surface area contributed by atoms with E-state index in [0.717, 1.165) is 35.8 Å². The summed E-state index contributed by atoms with van der Waals surface area (Å²) in [6.07, 6.45) is 2.77. The lowest BCUT2D eigenvalue weighted by Crippen LogP contribution is -2.06. The van der Waals surface area contributed by atoms with Crippen molar-refractivity contribution < 1.29 is 0 Å². The smallest absolute Gasteiger partial charge is 0.209 e. The normalized spacial score (nSPS) is 12.8. The van der Waals surface area contributed by atoms with Crippen molar-refractivity contribution in [1.29, 1.82) is 0 Å². The molecule has 5 heteroatoms. The summed E-state index contributed by atoms with van der Waals surface area (Å²) < 4.78 is 0. The maximum Gasteiger partial charge on any atom is 0.209 e. The lowest BCUT2D eigenvalue weighted by Gasteiger charge is -2.09. The van der Waals surface area contributed by atoms with Crippen LogP contribution in [-0.4, -0.2) is 26.3 Å². The first kappa shape index (κ1) is 13.7. The second-order valence-corrected chi connectivity index (χ2v) is 5.38. The monoisotopic (exact) mass is 259 g/mol. The van der Waals surface area contributed by atoms with Crippen molar-refractivity contribution in [2.75, 3.05) is 5.88 Å². The van der Waals surface area contributed by atoms with Gasteiger partial charge in [0, 0.05) is 11.1 Å². The number of halogens is 1. The fraction of sp³-hybridized carbons (Fsp3) is 0.727. The fourth-order valence-corrected chi connectivity index (χ4v) is 2.67. The van der Waals surface area contributed by atoms with Crippen LogP contribution in [0.4, 0.5) is 0 Å². The molecular formula is C11H18ClN3S. The second-order valence-electron chi connectivity index (χ2n) is 3.60. The van der Waals surface area contributed by atoms with Gasteiger partial charge in [-0.3, -0.25) is 0 Å². The van der Waals surface area contributed by atoms with Gasteiger partial charge in [0.05, 0.1) is 11.4 Å². The van der Waals surface area contributed by atoms with E-state index < -0.39 is 0 Å². The van der Waals surface area contributed by atoms with Crippen molar-refractivity contribution in [3.8, 4) is 0 Å². The minimum atomic E-state index is 0.441. The summed E-state index contributed by atoms with van der Waals surface area (Å²) in [6.45, 7) is 6.31. The average molecular weight is 260 g/mol. The molecule has 3 nitrogen and oxygen atoms in total. The maximum atomic E-state index is 5.70. The summed E-state index contributed by atoms with van der Waals surface area (Å²) in [6, 6.07) is 0. The van der Waals surface area contributed by atoms with Gasteiger partial charge in [0.2, 0.25) is 5.16 Å². The first-order valence-electron chi connectivity index (χ1n) is 5.66. The summed E-state index contributed by atoms with van der Waals surface area (Å²) >= 11 is 7.35. The van der Waals surface area contributed by atoms with Gasteiger partial charge < -0.3 is 0 Å². The third-order valence-corrected chi connectivity index (χ3v) is 3.55. The molecule has 0 spiro atoms. The van der Waals surface area contributed by atoms with Crippen molar-refractivity contribution in [2.45, 2.75) is 50.4 Å². The summed E-state index contributed by atoms with van der Waals surface area (Å²) in [5.41, 5.74) is 2.08. The molecule has 0 aliphatic heterocycles. The van der Waals surface area contributed by atoms with Crippen LogP contribution >= 0.6 is 23.4 Å². The van der Waals surface area contributed by atoms with Gasteiger partial charge in [-0.05, 0) is 19.3 Å². The highest BCUT2D eigenvalue weighted by atomic mass is 35.5. The van der Waals surface area contributed by atoms with Crippen LogP contribution in [0, 0.1) is 0 Å². The SMILES string of the molecule is CCc1nnc(SC(C)CCCl)nc1CC. The van der Waals surface area contributed by atoms with E-state index in [2.05, 4.69) is 36.0 Å². The molecule has 1 atom stereocenters. The first-order chi connectivity index (χ1) is 7.71. The van der Waals surface area contributed by atoms with E-state index in [1.807, 2.05) is 0 Å². The molecule has 0 amide bonds. The van der Waals surface area contributed by atoms with Crippen LogP contribution in [0.3, 0.4) is 0 Å². The Morgan fingerprint density at radius 1 is 1.19 bits per heavy atom. The van der Waals surface area contributed by atoms with Crippen LogP contribution in [0.5, 0.6) is 0 Å². The minimum Gasteiger partial charge on any atom is -0.224 e. The number of rotatable bonds is 6. The number of aromatic nitrogens is 3. The molecule has 0 fully saturated rings. The number of alkyl halides is 1. The Kier molecular flexibility index (Phi) is 6.06. The van der Waals surface area contributed by atoms with Crippen molar-refractivity contribution in [1.82, 2.24) is 15.2 Å². The first-order valence-corrected chi connectivity index (χ1v) is 7.07. The molecule has 0 radical (unpaired) electrons. The highest BCUT2D eigenvalue weighted by molar-refractivity contribution is 7.99. The van der Waals surface area contributed by atoms with Gasteiger partial charge >= 0.3 is 0 Å². The van der Waals surface area contributed by atoms with Crippen LogP contribution in [0.15, 0.2) is 5.16 Å². The Morgan fingerprint density at radius 3 is 2.44 bits per heavy atom. The van der Waals surface area contributed by atoms with Crippen LogP contribution in [-0.2, 0) is 12.8 Å². The summed E-state index contributed by atoms with van der Waals surface area (Å²) in [4.78, 5) is 4.53. The molecule has 90 valence electrons. The predicted molar refractivity (Wildman–Crippen MR) is 69.2 cm³/mol. The van der Waals surface area contributed by atoms with E-state index in [9.17, 15) is 0 Å². The molecular weight excluding hydrogens is 242 g/mol. The number of aryl methyl sites for hydroxylation is 2. The van der Waals surface area contributed by atoms with Gasteiger partial charge in [-0.1, -0.05) is 32.5 Å². The summed E-state index contributed by atoms with van der Waals surface area (Å²) in [5.74, 6) is 0.676. The Hall–Kier alpha value is -0.350. The minimum absolute atomic E-state index is 0.441. The number of nitrogens with zero attached hydrogens (tertiary/aromatic N) is 3. The van der Waals surface area contributed by atoms with Gasteiger partial charge in [-0.15, -0.1) is 16.7 Å². The standard InChI is InChI=1S/C11H18ClN3S/c1-4-9-10(5-2)14-15-11(13-9)16-8(3)6-7-12/h8H,4-7H2,1-3H3. The highest BCUT2D eigenvalue weighted by Gasteiger charge is 2.10. The van der Waals surface area contributed by atoms with Gasteiger partial charge in [0.15, 0.2) is 0 Å². The Morgan fingerprint density at radius 2 is 1.88 bits per heavy atom. The topological polar surface area (TPSA) is 38.7 Å². The molecule has 0 N–H and O–H groups in total. The van der Waals surface area contributed by atoms with E-state index >= 15 is 0 Å². The zero-order valence-corrected chi connectivity index (χ0v) is 11.6. The maximum absolute atomic E-state index is 5.70. The molecule has 1 heterocycles. The third kappa shape index (κ3) is 3.91. The molecule has 0 saturated carbocycles. The van der Waals surface area contributed by atoms with Crippen LogP contribution in [0.2, 0.25) is 0 Å². The summed E-state index contributed by atoms with van der Waals surface area (Å²) in [7, 11) is 0. The van der Waals surface area contributed by atoms with Crippen molar-refractivity contribution in [3.05, 3.63) is 11.4 Å². The van der Waals surface area contributed by atoms with Crippen molar-refractivity contribution in [3.63, 3.8) is 0 Å². The van der Waals surface area contributed by atoms with E-state index in [4.69, 9.17) is 11.6 Å². The fourth-order valence-electron chi connectivity index (χ4n) is 1.36. The largest absolute Gasteiger partial charge is 0.224 e. The number of thioether (sulfide) groups is 1. The van der Waals surface area contributed by atoms with Gasteiger partial charge in [-0.2, -0.15) is 5.10 Å². The zero-order chi connectivity index (χ0) is 12.0. The average Bonchev–Trinajstić information content (AvgIpc) is 2.29. The Bertz CT molecular complexity index is 333. The predicted octanol–water partition coefficient (Wildman–Crippen LogP) is 3.11. The molecule has 0 aliphatic carbocycles. The van der Waals surface area contributed by atoms with Gasteiger partial charge in [0.1, 0.15) is 0 Å². The highest BCUT2D eigenvalue weighted by Crippen LogP contribution is 2.22. The van der Waals surface area contributed by atoms with Crippen LogP contribution in [0.25, 0.3) is 0 Å². The van der Waals surface area contributed by atoms with E-state index in [-0.39, 0.29) is 0 Å². The number of hydrogen-bond donors (Lipinski definition) is 0. The van der Waals surface area contributed by atoms with E-state index in [1.54, 1.807) is 11.8 Å². The quantitative estimate of drug-likeness (QED) is 0.581. The second kappa shape index (κ2) is 7.07. The van der Waals surface area contributed by atoms with Crippen LogP contribution in [0.1, 0.15) is 38.6 Å². The zero-order valence-electron chi connectivity index (χ0n) is 10.0. The molecule has 1 aromatic heterocycles. The Labute approximate surface area is 106 Å². The molecule has 0 bridgehead atoms. The molecule has 0 aliphatic rings. The van der Waals surface area contributed by atoms with Gasteiger partial charge in [0.25, 0.3) is 0 Å². The van der Waals surface area contributed by atoms with Crippen molar-refractivity contribution in [2.24, 2.45) is 0 Å². The lowest BCUT2D eigenvalue weighted by molar-refractivity contribution is 0.740. The Balaban J connectivity index is 2.74.